The van der Waals surface area contributed by atoms with Crippen LogP contribution in [0, 0.1) is 13.8 Å². The van der Waals surface area contributed by atoms with Gasteiger partial charge in [0, 0.05) is 23.2 Å². The minimum Gasteiger partial charge on any atom is -0.493 e. The Morgan fingerprint density at radius 1 is 1.13 bits per heavy atom. The highest BCUT2D eigenvalue weighted by Gasteiger charge is 2.16. The van der Waals surface area contributed by atoms with E-state index in [0.29, 0.717) is 29.5 Å². The molecule has 8 nitrogen and oxygen atoms in total. The quantitative estimate of drug-likeness (QED) is 0.450. The molecule has 0 saturated carbocycles. The van der Waals surface area contributed by atoms with Crippen LogP contribution in [0.5, 0.6) is 5.75 Å². The maximum Gasteiger partial charge on any atom is 0.263 e. The van der Waals surface area contributed by atoms with E-state index in [0.717, 1.165) is 11.3 Å². The topological polar surface area (TPSA) is 111 Å². The van der Waals surface area contributed by atoms with Gasteiger partial charge in [0.1, 0.15) is 11.5 Å². The lowest BCUT2D eigenvalue weighted by atomic mass is 10.2. The number of nitrogens with one attached hydrogen (secondary N) is 2. The molecule has 0 unspecified atom stereocenters. The van der Waals surface area contributed by atoms with Gasteiger partial charge in [-0.1, -0.05) is 16.8 Å². The van der Waals surface area contributed by atoms with Crippen LogP contribution in [-0.4, -0.2) is 26.1 Å². The molecule has 164 valence electrons. The van der Waals surface area contributed by atoms with Crippen molar-refractivity contribution in [2.24, 2.45) is 0 Å². The van der Waals surface area contributed by atoms with E-state index in [1.54, 1.807) is 19.1 Å². The first-order chi connectivity index (χ1) is 14.7. The van der Waals surface area contributed by atoms with Gasteiger partial charge in [-0.3, -0.25) is 9.52 Å². The second-order valence-electron chi connectivity index (χ2n) is 6.86. The number of sulfonamides is 1. The zero-order valence-electron chi connectivity index (χ0n) is 17.0. The molecule has 0 spiro atoms. The maximum atomic E-state index is 12.4. The van der Waals surface area contributed by atoms with Crippen LogP contribution in [0.2, 0.25) is 5.02 Å². The third-order valence-corrected chi connectivity index (χ3v) is 5.86. The van der Waals surface area contributed by atoms with Crippen molar-refractivity contribution < 1.29 is 22.5 Å². The largest absolute Gasteiger partial charge is 0.493 e. The van der Waals surface area contributed by atoms with Crippen LogP contribution in [0.4, 0.5) is 11.5 Å². The van der Waals surface area contributed by atoms with Crippen LogP contribution >= 0.6 is 11.6 Å². The molecule has 0 saturated heterocycles. The first kappa shape index (κ1) is 22.6. The molecule has 0 atom stereocenters. The van der Waals surface area contributed by atoms with E-state index in [4.69, 9.17) is 20.9 Å². The summed E-state index contributed by atoms with van der Waals surface area (Å²) in [6, 6.07) is 12.7. The molecular formula is C21H22ClN3O5S. The lowest BCUT2D eigenvalue weighted by Crippen LogP contribution is -2.14. The summed E-state index contributed by atoms with van der Waals surface area (Å²) in [7, 11) is -3.81. The van der Waals surface area contributed by atoms with E-state index < -0.39 is 10.0 Å². The molecule has 0 aliphatic heterocycles. The van der Waals surface area contributed by atoms with Gasteiger partial charge in [-0.25, -0.2) is 8.42 Å². The van der Waals surface area contributed by atoms with Gasteiger partial charge in [-0.2, -0.15) is 0 Å². The molecule has 0 radical (unpaired) electrons. The van der Waals surface area contributed by atoms with Gasteiger partial charge in [0.25, 0.3) is 10.0 Å². The molecule has 10 heteroatoms. The summed E-state index contributed by atoms with van der Waals surface area (Å²) >= 11 is 5.92. The van der Waals surface area contributed by atoms with Crippen LogP contribution in [-0.2, 0) is 14.8 Å². The number of halogens is 1. The normalized spacial score (nSPS) is 11.2. The van der Waals surface area contributed by atoms with Crippen LogP contribution < -0.4 is 14.8 Å². The Labute approximate surface area is 185 Å². The number of ether oxygens (including phenoxy) is 1. The fraction of sp³-hybridized carbons (Fsp3) is 0.238. The van der Waals surface area contributed by atoms with Crippen molar-refractivity contribution in [3.8, 4) is 5.75 Å². The number of nitrogens with zero attached hydrogens (tertiary/aromatic N) is 1. The summed E-state index contributed by atoms with van der Waals surface area (Å²) in [5, 5.41) is 6.99. The van der Waals surface area contributed by atoms with Crippen molar-refractivity contribution in [2.75, 3.05) is 16.6 Å². The summed E-state index contributed by atoms with van der Waals surface area (Å²) in [6.07, 6.45) is 0.793. The fourth-order valence-corrected chi connectivity index (χ4v) is 3.95. The summed E-state index contributed by atoms with van der Waals surface area (Å²) in [4.78, 5) is 12.2. The molecular weight excluding hydrogens is 442 g/mol. The molecule has 3 aromatic rings. The Balaban J connectivity index is 1.47. The Morgan fingerprint density at radius 3 is 2.52 bits per heavy atom. The SMILES string of the molecule is Cc1cc(NS(=O)(=O)c2ccc(NC(=O)CCCOc3ccc(Cl)cc3C)cc2)no1. The van der Waals surface area contributed by atoms with E-state index in [1.165, 1.54) is 30.3 Å². The standard InChI is InChI=1S/C21H22ClN3O5S/c1-14-12-16(22)5-10-19(14)29-11-3-4-21(26)23-17-6-8-18(9-7-17)31(27,28)25-20-13-15(2)30-24-20/h5-10,12-13H,3-4,11H2,1-2H3,(H,23,26)(H,24,25). The minimum absolute atomic E-state index is 0.0397. The number of aromatic nitrogens is 1. The molecule has 1 amide bonds. The number of hydrogen-bond donors (Lipinski definition) is 2. The van der Waals surface area contributed by atoms with Crippen LogP contribution in [0.15, 0.2) is 57.9 Å². The van der Waals surface area contributed by atoms with Crippen LogP contribution in [0.25, 0.3) is 0 Å². The summed E-state index contributed by atoms with van der Waals surface area (Å²) in [5.74, 6) is 1.13. The number of amides is 1. The summed E-state index contributed by atoms with van der Waals surface area (Å²) in [5.41, 5.74) is 1.43. The zero-order chi connectivity index (χ0) is 22.4. The van der Waals surface area contributed by atoms with Crippen molar-refractivity contribution in [2.45, 2.75) is 31.6 Å². The molecule has 31 heavy (non-hydrogen) atoms. The predicted molar refractivity (Wildman–Crippen MR) is 118 cm³/mol. The first-order valence-corrected chi connectivity index (χ1v) is 11.3. The molecule has 0 aliphatic carbocycles. The zero-order valence-corrected chi connectivity index (χ0v) is 18.6. The van der Waals surface area contributed by atoms with Crippen molar-refractivity contribution in [3.63, 3.8) is 0 Å². The minimum atomic E-state index is -3.81. The van der Waals surface area contributed by atoms with Crippen molar-refractivity contribution in [1.82, 2.24) is 5.16 Å². The van der Waals surface area contributed by atoms with E-state index >= 15 is 0 Å². The number of carbonyl (C=O) groups is 1. The van der Waals surface area contributed by atoms with Gasteiger partial charge in [0.2, 0.25) is 5.91 Å². The van der Waals surface area contributed by atoms with E-state index in [9.17, 15) is 13.2 Å². The second-order valence-corrected chi connectivity index (χ2v) is 8.98. The first-order valence-electron chi connectivity index (χ1n) is 9.48. The van der Waals surface area contributed by atoms with Crippen LogP contribution in [0.1, 0.15) is 24.2 Å². The number of aryl methyl sites for hydroxylation is 2. The molecule has 2 N–H and O–H groups in total. The number of benzene rings is 2. The smallest absolute Gasteiger partial charge is 0.263 e. The van der Waals surface area contributed by atoms with E-state index in [-0.39, 0.29) is 23.0 Å². The Kier molecular flexibility index (Phi) is 7.19. The number of hydrogen-bond acceptors (Lipinski definition) is 6. The third kappa shape index (κ3) is 6.47. The molecule has 2 aromatic carbocycles. The highest BCUT2D eigenvalue weighted by atomic mass is 35.5. The third-order valence-electron chi connectivity index (χ3n) is 4.26. The number of carbonyl (C=O) groups excluding carboxylic acids is 1. The predicted octanol–water partition coefficient (Wildman–Crippen LogP) is 4.54. The molecule has 0 fully saturated rings. The number of anilines is 2. The van der Waals surface area contributed by atoms with Gasteiger partial charge in [-0.05, 0) is 68.3 Å². The Bertz CT molecular complexity index is 1160. The van der Waals surface area contributed by atoms with E-state index in [2.05, 4.69) is 15.2 Å². The molecule has 0 bridgehead atoms. The van der Waals surface area contributed by atoms with Crippen molar-refractivity contribution in [1.29, 1.82) is 0 Å². The fourth-order valence-electron chi connectivity index (χ4n) is 2.74. The average molecular weight is 464 g/mol. The molecule has 3 rings (SSSR count). The number of rotatable bonds is 9. The second kappa shape index (κ2) is 9.84. The average Bonchev–Trinajstić information content (AvgIpc) is 3.11. The van der Waals surface area contributed by atoms with Gasteiger partial charge in [0.15, 0.2) is 5.82 Å². The maximum absolute atomic E-state index is 12.4. The molecule has 0 aliphatic rings. The van der Waals surface area contributed by atoms with Gasteiger partial charge < -0.3 is 14.6 Å². The lowest BCUT2D eigenvalue weighted by molar-refractivity contribution is -0.116. The molecule has 1 heterocycles. The highest BCUT2D eigenvalue weighted by Crippen LogP contribution is 2.22. The van der Waals surface area contributed by atoms with E-state index in [1.807, 2.05) is 13.0 Å². The monoisotopic (exact) mass is 463 g/mol. The Morgan fingerprint density at radius 2 is 1.87 bits per heavy atom. The summed E-state index contributed by atoms with van der Waals surface area (Å²) in [6.45, 7) is 3.95. The van der Waals surface area contributed by atoms with Crippen molar-refractivity contribution in [3.05, 3.63) is 64.9 Å². The highest BCUT2D eigenvalue weighted by molar-refractivity contribution is 7.92. The summed E-state index contributed by atoms with van der Waals surface area (Å²) < 4.78 is 37.6. The van der Waals surface area contributed by atoms with Gasteiger partial charge >= 0.3 is 0 Å². The lowest BCUT2D eigenvalue weighted by Gasteiger charge is -2.10. The Hall–Kier alpha value is -3.04. The van der Waals surface area contributed by atoms with Crippen LogP contribution in [0.3, 0.4) is 0 Å². The van der Waals surface area contributed by atoms with Gasteiger partial charge in [0.05, 0.1) is 11.5 Å². The van der Waals surface area contributed by atoms with Gasteiger partial charge in [-0.15, -0.1) is 0 Å². The van der Waals surface area contributed by atoms with Crippen molar-refractivity contribution >= 4 is 39.0 Å². The molecule has 1 aromatic heterocycles.